The molecule has 0 rings (SSSR count). The van der Waals surface area contributed by atoms with Gasteiger partial charge in [0.25, 0.3) is 0 Å². The number of ether oxygens (including phenoxy) is 4. The Labute approximate surface area is 134 Å². The van der Waals surface area contributed by atoms with Crippen LogP contribution in [0.4, 0.5) is 0 Å². The lowest BCUT2D eigenvalue weighted by Crippen LogP contribution is -2.08. The van der Waals surface area contributed by atoms with E-state index in [4.69, 9.17) is 24.1 Å². The van der Waals surface area contributed by atoms with Gasteiger partial charge in [0.05, 0.1) is 0 Å². The summed E-state index contributed by atoms with van der Waals surface area (Å²) in [6.07, 6.45) is 5.88. The summed E-state index contributed by atoms with van der Waals surface area (Å²) in [5.74, 6) is -0.923. The third kappa shape index (κ3) is 19.3. The zero-order chi connectivity index (χ0) is 16.3. The van der Waals surface area contributed by atoms with E-state index < -0.39 is 5.97 Å². The monoisotopic (exact) mass is 320 g/mol. The Morgan fingerprint density at radius 2 is 1.05 bits per heavy atom. The molecule has 0 aromatic carbocycles. The summed E-state index contributed by atoms with van der Waals surface area (Å²) in [5, 5.41) is 8.37. The number of aliphatic carboxylic acids is 1. The maximum Gasteiger partial charge on any atom is 0.329 e. The molecule has 0 atom stereocenters. The van der Waals surface area contributed by atoms with Crippen molar-refractivity contribution in [1.29, 1.82) is 0 Å². The van der Waals surface area contributed by atoms with E-state index in [2.05, 4.69) is 0 Å². The Morgan fingerprint density at radius 3 is 1.41 bits per heavy atom. The zero-order valence-electron chi connectivity index (χ0n) is 13.9. The first kappa shape index (κ1) is 21.3. The molecule has 0 aliphatic rings. The van der Waals surface area contributed by atoms with Crippen molar-refractivity contribution in [2.45, 2.75) is 45.4 Å². The van der Waals surface area contributed by atoms with Crippen LogP contribution in [0.25, 0.3) is 0 Å². The Hall–Kier alpha value is -0.690. The van der Waals surface area contributed by atoms with Crippen molar-refractivity contribution in [3.8, 4) is 0 Å². The van der Waals surface area contributed by atoms with Crippen molar-refractivity contribution < 1.29 is 28.8 Å². The van der Waals surface area contributed by atoms with Gasteiger partial charge in [0.15, 0.2) is 0 Å². The summed E-state index contributed by atoms with van der Waals surface area (Å²) in [6.45, 7) is 6.94. The molecule has 0 aromatic heterocycles. The average molecular weight is 320 g/mol. The summed E-state index contributed by atoms with van der Waals surface area (Å²) in [4.78, 5) is 10.2. The zero-order valence-corrected chi connectivity index (χ0v) is 13.9. The van der Waals surface area contributed by atoms with Crippen molar-refractivity contribution in [2.24, 2.45) is 0 Å². The van der Waals surface area contributed by atoms with Gasteiger partial charge in [-0.3, -0.25) is 0 Å². The number of carbonyl (C=O) groups is 1. The first-order chi connectivity index (χ1) is 10.8. The molecule has 0 saturated heterocycles. The van der Waals surface area contributed by atoms with Gasteiger partial charge in [-0.25, -0.2) is 4.79 Å². The predicted octanol–water partition coefficient (Wildman–Crippen LogP) is 2.50. The Bertz CT molecular complexity index is 235. The van der Waals surface area contributed by atoms with E-state index in [0.29, 0.717) is 13.2 Å². The third-order valence-electron chi connectivity index (χ3n) is 2.91. The standard InChI is InChI=1S/C16H32O6/c1-2-19-9-3-4-10-20-11-5-6-12-21-13-7-8-14-22-15-16(17)18/h2-15H2,1H3,(H,17,18). The minimum Gasteiger partial charge on any atom is -0.480 e. The van der Waals surface area contributed by atoms with Crippen LogP contribution in [0.2, 0.25) is 0 Å². The molecule has 0 aliphatic heterocycles. The molecule has 0 fully saturated rings. The average Bonchev–Trinajstić information content (AvgIpc) is 2.50. The lowest BCUT2D eigenvalue weighted by molar-refractivity contribution is -0.142. The highest BCUT2D eigenvalue weighted by molar-refractivity contribution is 5.67. The molecule has 0 radical (unpaired) electrons. The molecule has 0 bridgehead atoms. The van der Waals surface area contributed by atoms with Crippen LogP contribution >= 0.6 is 0 Å². The van der Waals surface area contributed by atoms with E-state index in [-0.39, 0.29) is 6.61 Å². The van der Waals surface area contributed by atoms with Crippen molar-refractivity contribution >= 4 is 5.97 Å². The third-order valence-corrected chi connectivity index (χ3v) is 2.91. The largest absolute Gasteiger partial charge is 0.480 e. The smallest absolute Gasteiger partial charge is 0.329 e. The van der Waals surface area contributed by atoms with Gasteiger partial charge in [-0.15, -0.1) is 0 Å². The van der Waals surface area contributed by atoms with Crippen molar-refractivity contribution in [3.63, 3.8) is 0 Å². The maximum absolute atomic E-state index is 10.2. The van der Waals surface area contributed by atoms with Crippen LogP contribution in [0.1, 0.15) is 45.4 Å². The van der Waals surface area contributed by atoms with Crippen LogP contribution in [0, 0.1) is 0 Å². The van der Waals surface area contributed by atoms with Crippen LogP contribution in [0.3, 0.4) is 0 Å². The molecule has 0 unspecified atom stereocenters. The summed E-state index contributed by atoms with van der Waals surface area (Å²) < 4.78 is 21.2. The highest BCUT2D eigenvalue weighted by Crippen LogP contribution is 1.97. The van der Waals surface area contributed by atoms with E-state index in [9.17, 15) is 4.79 Å². The van der Waals surface area contributed by atoms with E-state index >= 15 is 0 Å². The molecule has 0 heterocycles. The van der Waals surface area contributed by atoms with Crippen LogP contribution < -0.4 is 0 Å². The summed E-state index contributed by atoms with van der Waals surface area (Å²) in [7, 11) is 0. The van der Waals surface area contributed by atoms with Gasteiger partial charge in [0, 0.05) is 46.2 Å². The minimum absolute atomic E-state index is 0.216. The fraction of sp³-hybridized carbons (Fsp3) is 0.938. The molecule has 0 aliphatic carbocycles. The first-order valence-electron chi connectivity index (χ1n) is 8.30. The number of rotatable bonds is 18. The Morgan fingerprint density at radius 1 is 0.682 bits per heavy atom. The number of hydrogen-bond acceptors (Lipinski definition) is 5. The topological polar surface area (TPSA) is 74.2 Å². The molecule has 0 aromatic rings. The van der Waals surface area contributed by atoms with E-state index in [0.717, 1.165) is 71.6 Å². The molecule has 0 saturated carbocycles. The second kappa shape index (κ2) is 18.4. The van der Waals surface area contributed by atoms with E-state index in [1.54, 1.807) is 0 Å². The molecule has 6 nitrogen and oxygen atoms in total. The number of carboxylic acids is 1. The molecule has 22 heavy (non-hydrogen) atoms. The lowest BCUT2D eigenvalue weighted by atomic mass is 10.3. The lowest BCUT2D eigenvalue weighted by Gasteiger charge is -2.06. The minimum atomic E-state index is -0.923. The molecular weight excluding hydrogens is 288 g/mol. The quantitative estimate of drug-likeness (QED) is 0.391. The van der Waals surface area contributed by atoms with Gasteiger partial charge in [-0.1, -0.05) is 0 Å². The molecular formula is C16H32O6. The molecule has 1 N–H and O–H groups in total. The SMILES string of the molecule is CCOCCCCOCCCCOCCCCOCC(=O)O. The summed E-state index contributed by atoms with van der Waals surface area (Å²) in [5.41, 5.74) is 0. The highest BCUT2D eigenvalue weighted by atomic mass is 16.5. The fourth-order valence-corrected chi connectivity index (χ4v) is 1.73. The molecule has 0 amide bonds. The highest BCUT2D eigenvalue weighted by Gasteiger charge is 1.96. The normalized spacial score (nSPS) is 11.0. The van der Waals surface area contributed by atoms with Crippen molar-refractivity contribution in [3.05, 3.63) is 0 Å². The second-order valence-electron chi connectivity index (χ2n) is 4.99. The van der Waals surface area contributed by atoms with Gasteiger partial charge >= 0.3 is 5.97 Å². The van der Waals surface area contributed by atoms with Crippen LogP contribution in [-0.2, 0) is 23.7 Å². The van der Waals surface area contributed by atoms with E-state index in [1.165, 1.54) is 0 Å². The molecule has 132 valence electrons. The van der Waals surface area contributed by atoms with Gasteiger partial charge in [-0.05, 0) is 45.4 Å². The van der Waals surface area contributed by atoms with Crippen LogP contribution in [0.5, 0.6) is 0 Å². The fourth-order valence-electron chi connectivity index (χ4n) is 1.73. The molecule has 6 heteroatoms. The first-order valence-corrected chi connectivity index (χ1v) is 8.30. The Balaban J connectivity index is 2.95. The van der Waals surface area contributed by atoms with Gasteiger partial charge < -0.3 is 24.1 Å². The Kier molecular flexibility index (Phi) is 17.8. The van der Waals surface area contributed by atoms with Crippen molar-refractivity contribution in [2.75, 3.05) is 52.9 Å². The maximum atomic E-state index is 10.2. The number of carboxylic acid groups (broad SMARTS) is 1. The van der Waals surface area contributed by atoms with Gasteiger partial charge in [0.1, 0.15) is 6.61 Å². The van der Waals surface area contributed by atoms with Gasteiger partial charge in [0.2, 0.25) is 0 Å². The number of hydrogen-bond donors (Lipinski definition) is 1. The number of unbranched alkanes of at least 4 members (excludes halogenated alkanes) is 3. The van der Waals surface area contributed by atoms with Crippen LogP contribution in [-0.4, -0.2) is 63.9 Å². The van der Waals surface area contributed by atoms with Gasteiger partial charge in [-0.2, -0.15) is 0 Å². The van der Waals surface area contributed by atoms with Crippen LogP contribution in [0.15, 0.2) is 0 Å². The summed E-state index contributed by atoms with van der Waals surface area (Å²) in [6, 6.07) is 0. The second-order valence-corrected chi connectivity index (χ2v) is 4.99. The van der Waals surface area contributed by atoms with Crippen molar-refractivity contribution in [1.82, 2.24) is 0 Å². The van der Waals surface area contributed by atoms with E-state index in [1.807, 2.05) is 6.92 Å². The summed E-state index contributed by atoms with van der Waals surface area (Å²) >= 11 is 0. The molecule has 0 spiro atoms. The predicted molar refractivity (Wildman–Crippen MR) is 84.3 cm³/mol.